The van der Waals surface area contributed by atoms with Crippen LogP contribution in [0.15, 0.2) is 76.4 Å². The topological polar surface area (TPSA) is 138 Å². The fourth-order valence-electron chi connectivity index (χ4n) is 4.43. The zero-order valence-corrected chi connectivity index (χ0v) is 25.9. The fourth-order valence-corrected chi connectivity index (χ4v) is 5.93. The molecule has 0 aliphatic carbocycles. The molecule has 0 saturated carbocycles. The van der Waals surface area contributed by atoms with Crippen molar-refractivity contribution in [3.63, 3.8) is 0 Å². The van der Waals surface area contributed by atoms with Crippen LogP contribution in [-0.4, -0.2) is 46.0 Å². The molecule has 1 saturated heterocycles. The van der Waals surface area contributed by atoms with Crippen molar-refractivity contribution in [2.75, 3.05) is 6.61 Å². The summed E-state index contributed by atoms with van der Waals surface area (Å²) >= 11 is 0. The molecule has 44 heavy (non-hydrogen) atoms. The molecule has 2 N–H and O–H groups in total. The molecule has 2 aromatic carbocycles. The van der Waals surface area contributed by atoms with E-state index in [1.807, 2.05) is 30.3 Å². The number of aromatic nitrogens is 2. The molecule has 2 heterocycles. The van der Waals surface area contributed by atoms with Crippen molar-refractivity contribution >= 4 is 13.7 Å². The molecule has 1 aliphatic heterocycles. The lowest BCUT2D eigenvalue weighted by molar-refractivity contribution is -0.149. The summed E-state index contributed by atoms with van der Waals surface area (Å²) in [5, 5.41) is 2.59. The van der Waals surface area contributed by atoms with Gasteiger partial charge in [0.05, 0.1) is 18.8 Å². The van der Waals surface area contributed by atoms with Crippen LogP contribution >= 0.6 is 7.75 Å². The van der Waals surface area contributed by atoms with E-state index in [4.69, 9.17) is 18.5 Å². The zero-order chi connectivity index (χ0) is 32.1. The summed E-state index contributed by atoms with van der Waals surface area (Å²) in [6.45, 7) is 7.19. The Kier molecular flexibility index (Phi) is 10.3. The van der Waals surface area contributed by atoms with E-state index in [1.54, 1.807) is 45.0 Å². The molecule has 1 aromatic heterocycles. The normalized spacial score (nSPS) is 23.3. The third-order valence-corrected chi connectivity index (χ3v) is 8.65. The van der Waals surface area contributed by atoms with E-state index >= 15 is 4.39 Å². The minimum absolute atomic E-state index is 0.156. The number of nitrogens with zero attached hydrogens (tertiary/aromatic N) is 1. The molecule has 0 spiro atoms. The summed E-state index contributed by atoms with van der Waals surface area (Å²) in [7, 11) is -4.31. The molecular weight excluding hydrogens is 592 g/mol. The van der Waals surface area contributed by atoms with E-state index in [2.05, 4.69) is 21.9 Å². The van der Waals surface area contributed by atoms with E-state index in [0.717, 1.165) is 22.4 Å². The molecule has 1 fully saturated rings. The first-order valence-electron chi connectivity index (χ1n) is 14.0. The van der Waals surface area contributed by atoms with Gasteiger partial charge in [-0.15, -0.1) is 0 Å². The number of alkyl halides is 1. The Labute approximate surface area is 254 Å². The lowest BCUT2D eigenvalue weighted by atomic mass is 9.90. The Bertz CT molecular complexity index is 1680. The Morgan fingerprint density at radius 1 is 1.09 bits per heavy atom. The summed E-state index contributed by atoms with van der Waals surface area (Å²) in [5.74, 6) is 4.72. The van der Waals surface area contributed by atoms with Gasteiger partial charge in [-0.05, 0) is 64.1 Å². The number of hydrogen-bond donors (Lipinski definition) is 2. The van der Waals surface area contributed by atoms with Crippen molar-refractivity contribution in [3.05, 3.63) is 98.8 Å². The number of benzene rings is 2. The molecule has 1 unspecified atom stereocenters. The van der Waals surface area contributed by atoms with Gasteiger partial charge in [-0.2, -0.15) is 5.09 Å². The van der Waals surface area contributed by atoms with E-state index in [0.29, 0.717) is 5.56 Å². The predicted molar refractivity (Wildman–Crippen MR) is 161 cm³/mol. The second-order valence-electron chi connectivity index (χ2n) is 10.8. The molecule has 4 rings (SSSR count). The first kappa shape index (κ1) is 32.9. The number of carbonyl (C=O) groups is 1. The van der Waals surface area contributed by atoms with Crippen molar-refractivity contribution in [2.45, 2.75) is 64.8 Å². The maximum absolute atomic E-state index is 15.9. The average molecular weight is 628 g/mol. The highest BCUT2D eigenvalue weighted by molar-refractivity contribution is 7.52. The molecule has 11 nitrogen and oxygen atoms in total. The highest BCUT2D eigenvalue weighted by atomic mass is 31.2. The van der Waals surface area contributed by atoms with Crippen LogP contribution in [0.2, 0.25) is 0 Å². The Hall–Kier alpha value is -4.01. The van der Waals surface area contributed by atoms with Crippen molar-refractivity contribution in [3.8, 4) is 17.6 Å². The van der Waals surface area contributed by atoms with Crippen LogP contribution in [0.5, 0.6) is 5.75 Å². The number of ether oxygens (including phenoxy) is 2. The van der Waals surface area contributed by atoms with Crippen molar-refractivity contribution in [1.29, 1.82) is 0 Å². The van der Waals surface area contributed by atoms with Gasteiger partial charge in [0.1, 0.15) is 11.8 Å². The molecule has 0 radical (unpaired) electrons. The number of rotatable bonds is 10. The fraction of sp³-hybridized carbons (Fsp3) is 0.387. The van der Waals surface area contributed by atoms with E-state index < -0.39 is 67.6 Å². The number of carbonyl (C=O) groups excluding carboxylic acids is 1. The quantitative estimate of drug-likeness (QED) is 0.191. The van der Waals surface area contributed by atoms with Crippen LogP contribution in [0.3, 0.4) is 0 Å². The molecule has 6 atom stereocenters. The van der Waals surface area contributed by atoms with Crippen LogP contribution in [0.25, 0.3) is 0 Å². The van der Waals surface area contributed by atoms with Gasteiger partial charge in [0, 0.05) is 29.3 Å². The summed E-state index contributed by atoms with van der Waals surface area (Å²) in [5.41, 5.74) is -2.02. The number of halogens is 1. The van der Waals surface area contributed by atoms with Crippen molar-refractivity contribution in [2.24, 2.45) is 5.92 Å². The second-order valence-corrected chi connectivity index (χ2v) is 12.5. The van der Waals surface area contributed by atoms with Crippen LogP contribution in [0.1, 0.15) is 52.0 Å². The molecule has 0 amide bonds. The van der Waals surface area contributed by atoms with Gasteiger partial charge in [0.25, 0.3) is 5.56 Å². The Morgan fingerprint density at radius 2 is 1.73 bits per heavy atom. The van der Waals surface area contributed by atoms with Crippen LogP contribution in [0, 0.1) is 17.8 Å². The van der Waals surface area contributed by atoms with Crippen LogP contribution < -0.4 is 20.9 Å². The average Bonchev–Trinajstić information content (AvgIpc) is 3.19. The summed E-state index contributed by atoms with van der Waals surface area (Å²) in [6.07, 6.45) is -1.65. The Balaban J connectivity index is 1.53. The van der Waals surface area contributed by atoms with Crippen molar-refractivity contribution < 1.29 is 32.3 Å². The van der Waals surface area contributed by atoms with Crippen LogP contribution in [0.4, 0.5) is 4.39 Å². The molecule has 0 bridgehead atoms. The maximum atomic E-state index is 15.9. The Morgan fingerprint density at radius 3 is 2.34 bits per heavy atom. The van der Waals surface area contributed by atoms with E-state index in [-0.39, 0.29) is 5.75 Å². The van der Waals surface area contributed by atoms with E-state index in [9.17, 15) is 18.9 Å². The third kappa shape index (κ3) is 8.12. The summed E-state index contributed by atoms with van der Waals surface area (Å²) < 4.78 is 53.4. The van der Waals surface area contributed by atoms with Gasteiger partial charge in [-0.1, -0.05) is 37.0 Å². The number of hydrogen-bond acceptors (Lipinski definition) is 8. The smallest absolute Gasteiger partial charge is 0.459 e. The zero-order valence-electron chi connectivity index (χ0n) is 25.0. The van der Waals surface area contributed by atoms with Crippen molar-refractivity contribution in [1.82, 2.24) is 14.6 Å². The highest BCUT2D eigenvalue weighted by Crippen LogP contribution is 2.49. The summed E-state index contributed by atoms with van der Waals surface area (Å²) in [6, 6.07) is 15.9. The van der Waals surface area contributed by atoms with Crippen LogP contribution in [-0.2, 0) is 23.4 Å². The molecule has 13 heteroatoms. The highest BCUT2D eigenvalue weighted by Gasteiger charge is 2.54. The van der Waals surface area contributed by atoms with Gasteiger partial charge in [-0.3, -0.25) is 23.7 Å². The number of H-pyrrole nitrogens is 1. The minimum atomic E-state index is -4.31. The molecule has 1 aliphatic rings. The first-order chi connectivity index (χ1) is 20.8. The van der Waals surface area contributed by atoms with Gasteiger partial charge < -0.3 is 14.0 Å². The molecule has 234 valence electrons. The number of nitrogens with one attached hydrogen (secondary N) is 2. The first-order valence-corrected chi connectivity index (χ1v) is 15.6. The predicted octanol–water partition coefficient (Wildman–Crippen LogP) is 4.33. The van der Waals surface area contributed by atoms with Gasteiger partial charge in [0.15, 0.2) is 11.9 Å². The maximum Gasteiger partial charge on any atom is 0.459 e. The molecule has 3 aromatic rings. The van der Waals surface area contributed by atoms with Gasteiger partial charge >= 0.3 is 19.4 Å². The molecular formula is C31H35FN3O8P. The monoisotopic (exact) mass is 627 g/mol. The third-order valence-electron chi connectivity index (χ3n) is 7.01. The summed E-state index contributed by atoms with van der Waals surface area (Å²) in [4.78, 5) is 38.4. The number of aromatic amines is 1. The van der Waals surface area contributed by atoms with Gasteiger partial charge in [-0.25, -0.2) is 13.8 Å². The van der Waals surface area contributed by atoms with E-state index in [1.165, 1.54) is 13.8 Å². The lowest BCUT2D eigenvalue weighted by Crippen LogP contribution is -2.40. The lowest BCUT2D eigenvalue weighted by Gasteiger charge is -2.26. The second kappa shape index (κ2) is 13.7. The van der Waals surface area contributed by atoms with Gasteiger partial charge in [0.2, 0.25) is 0 Å². The SMILES string of the molecule is CC(C)OC(=O)[C@H](C)NP(=O)(OC[C@H]1O[C@@H](n2ccc(=O)[nH]c2=O)[C@](C)(F)[C@@H]1C)Oc1ccc(C#Cc2ccccc2)cc1. The largest absolute Gasteiger partial charge is 0.462 e. The number of esters is 1. The standard InChI is InChI=1S/C31H35FN3O8P/c1-20(2)41-28(37)22(4)34-44(39,43-25-15-13-24(14-16-25)12-11-23-9-7-6-8-10-23)40-19-26-21(3)31(5,32)29(42-26)35-18-17-27(36)33-30(35)38/h6-10,13-18,20-22,26,29H,19H2,1-5H3,(H,34,39)(H,33,36,38)/t21-,22+,26-,29-,31-,44?/m1/s1. The minimum Gasteiger partial charge on any atom is -0.462 e.